The third kappa shape index (κ3) is 3.55. The van der Waals surface area contributed by atoms with Gasteiger partial charge >= 0.3 is 0 Å². The van der Waals surface area contributed by atoms with Gasteiger partial charge in [0, 0.05) is 50.6 Å². The zero-order valence-electron chi connectivity index (χ0n) is 13.4. The zero-order chi connectivity index (χ0) is 16.3. The molecular weight excluding hydrogens is 282 g/mol. The van der Waals surface area contributed by atoms with Crippen molar-refractivity contribution in [2.75, 3.05) is 13.1 Å². The number of carbonyl (C=O) groups is 2. The topological polar surface area (TPSA) is 71.4 Å². The van der Waals surface area contributed by atoms with Gasteiger partial charge in [-0.2, -0.15) is 0 Å². The Balaban J connectivity index is 1.98. The minimum absolute atomic E-state index is 0.0133. The Morgan fingerprint density at radius 2 is 1.95 bits per heavy atom. The maximum atomic E-state index is 12.3. The minimum atomic E-state index is -0.333. The van der Waals surface area contributed by atoms with Gasteiger partial charge in [0.05, 0.1) is 0 Å². The lowest BCUT2D eigenvalue weighted by Gasteiger charge is -2.32. The number of pyridine rings is 1. The van der Waals surface area contributed by atoms with Crippen molar-refractivity contribution in [3.05, 3.63) is 33.7 Å². The molecule has 1 aliphatic rings. The molecule has 2 rings (SSSR count). The Kier molecular flexibility index (Phi) is 5.00. The maximum absolute atomic E-state index is 12.3. The fourth-order valence-corrected chi connectivity index (χ4v) is 2.66. The van der Waals surface area contributed by atoms with E-state index in [2.05, 4.69) is 5.32 Å². The summed E-state index contributed by atoms with van der Waals surface area (Å²) in [6.45, 7) is 4.99. The van der Waals surface area contributed by atoms with Gasteiger partial charge in [0.1, 0.15) is 5.56 Å². The van der Waals surface area contributed by atoms with Crippen molar-refractivity contribution < 1.29 is 9.59 Å². The number of aryl methyl sites for hydroxylation is 2. The first-order chi connectivity index (χ1) is 10.4. The lowest BCUT2D eigenvalue weighted by molar-refractivity contribution is -0.131. The molecule has 0 saturated carbocycles. The molecule has 120 valence electrons. The largest absolute Gasteiger partial charge is 0.354 e. The number of piperidine rings is 1. The second-order valence-corrected chi connectivity index (χ2v) is 5.79. The van der Waals surface area contributed by atoms with Crippen LogP contribution in [0.3, 0.4) is 0 Å². The summed E-state index contributed by atoms with van der Waals surface area (Å²) in [7, 11) is 1.81. The fourth-order valence-electron chi connectivity index (χ4n) is 2.66. The van der Waals surface area contributed by atoms with Gasteiger partial charge in [0.15, 0.2) is 5.43 Å². The first kappa shape index (κ1) is 16.3. The summed E-state index contributed by atoms with van der Waals surface area (Å²) in [5, 5.41) is 2.91. The molecule has 1 aliphatic heterocycles. The van der Waals surface area contributed by atoms with Gasteiger partial charge in [-0.05, 0) is 19.8 Å². The molecule has 6 heteroatoms. The van der Waals surface area contributed by atoms with Crippen molar-refractivity contribution in [2.45, 2.75) is 39.2 Å². The molecule has 0 aromatic carbocycles. The Bertz CT molecular complexity index is 628. The number of nitrogens with one attached hydrogen (secondary N) is 1. The van der Waals surface area contributed by atoms with Crippen molar-refractivity contribution in [1.82, 2.24) is 14.8 Å². The van der Waals surface area contributed by atoms with Crippen LogP contribution in [-0.2, 0) is 11.8 Å². The smallest absolute Gasteiger partial charge is 0.256 e. The van der Waals surface area contributed by atoms with E-state index in [-0.39, 0.29) is 28.8 Å². The fraction of sp³-hybridized carbons (Fsp3) is 0.562. The average molecular weight is 305 g/mol. The number of hydrogen-bond acceptors (Lipinski definition) is 3. The van der Waals surface area contributed by atoms with Gasteiger partial charge in [-0.15, -0.1) is 0 Å². The molecule has 1 N–H and O–H groups in total. The first-order valence-corrected chi connectivity index (χ1v) is 7.68. The second-order valence-electron chi connectivity index (χ2n) is 5.79. The number of aromatic nitrogens is 1. The van der Waals surface area contributed by atoms with Crippen molar-refractivity contribution in [1.29, 1.82) is 0 Å². The molecule has 0 spiro atoms. The van der Waals surface area contributed by atoms with Gasteiger partial charge in [0.25, 0.3) is 5.91 Å². The first-order valence-electron chi connectivity index (χ1n) is 7.68. The lowest BCUT2D eigenvalue weighted by Crippen LogP contribution is -2.47. The highest BCUT2D eigenvalue weighted by atomic mass is 16.2. The van der Waals surface area contributed by atoms with E-state index in [1.807, 2.05) is 18.7 Å². The molecule has 0 unspecified atom stereocenters. The van der Waals surface area contributed by atoms with Crippen molar-refractivity contribution in [3.63, 3.8) is 0 Å². The molecule has 2 amide bonds. The predicted octanol–water partition coefficient (Wildman–Crippen LogP) is 0.825. The van der Waals surface area contributed by atoms with Crippen LogP contribution in [0.2, 0.25) is 0 Å². The summed E-state index contributed by atoms with van der Waals surface area (Å²) in [6.07, 6.45) is 3.53. The molecular formula is C16H23N3O3. The molecule has 1 aromatic heterocycles. The van der Waals surface area contributed by atoms with Crippen LogP contribution >= 0.6 is 0 Å². The van der Waals surface area contributed by atoms with Gasteiger partial charge in [-0.25, -0.2) is 0 Å². The number of carbonyl (C=O) groups excluding carboxylic acids is 2. The standard InChI is InChI=1S/C16H23N3O3/c1-4-15(21)19-7-5-12(6-8-19)17-16(22)13-10-18(3)11(2)9-14(13)20/h9-10,12H,4-8H2,1-3H3,(H,17,22). The number of likely N-dealkylation sites (tertiary alicyclic amines) is 1. The van der Waals surface area contributed by atoms with Crippen LogP contribution in [-0.4, -0.2) is 40.4 Å². The van der Waals surface area contributed by atoms with E-state index in [1.165, 1.54) is 6.07 Å². The number of amides is 2. The normalized spacial score (nSPS) is 15.7. The quantitative estimate of drug-likeness (QED) is 0.899. The Labute approximate surface area is 130 Å². The van der Waals surface area contributed by atoms with E-state index in [0.29, 0.717) is 19.5 Å². The van der Waals surface area contributed by atoms with E-state index >= 15 is 0 Å². The van der Waals surface area contributed by atoms with Crippen LogP contribution in [0, 0.1) is 6.92 Å². The van der Waals surface area contributed by atoms with Gasteiger partial charge < -0.3 is 14.8 Å². The van der Waals surface area contributed by atoms with Crippen LogP contribution in [0.4, 0.5) is 0 Å². The molecule has 0 aliphatic carbocycles. The van der Waals surface area contributed by atoms with Crippen molar-refractivity contribution in [2.24, 2.45) is 7.05 Å². The lowest BCUT2D eigenvalue weighted by atomic mass is 10.0. The van der Waals surface area contributed by atoms with Crippen molar-refractivity contribution >= 4 is 11.8 Å². The average Bonchev–Trinajstić information content (AvgIpc) is 2.50. The molecule has 1 aromatic rings. The molecule has 0 radical (unpaired) electrons. The highest BCUT2D eigenvalue weighted by molar-refractivity contribution is 5.94. The third-order valence-electron chi connectivity index (χ3n) is 4.21. The summed E-state index contributed by atoms with van der Waals surface area (Å²) in [4.78, 5) is 37.6. The highest BCUT2D eigenvalue weighted by Gasteiger charge is 2.24. The van der Waals surface area contributed by atoms with Gasteiger partial charge in [-0.3, -0.25) is 14.4 Å². The SMILES string of the molecule is CCC(=O)N1CCC(NC(=O)c2cn(C)c(C)cc2=O)CC1. The molecule has 1 fully saturated rings. The van der Waals surface area contributed by atoms with Crippen molar-refractivity contribution in [3.8, 4) is 0 Å². The van der Waals surface area contributed by atoms with E-state index in [4.69, 9.17) is 0 Å². The molecule has 0 atom stereocenters. The monoisotopic (exact) mass is 305 g/mol. The number of nitrogens with zero attached hydrogens (tertiary/aromatic N) is 2. The van der Waals surface area contributed by atoms with Gasteiger partial charge in [0.2, 0.25) is 5.91 Å². The molecule has 0 bridgehead atoms. The van der Waals surface area contributed by atoms with Crippen LogP contribution in [0.15, 0.2) is 17.1 Å². The summed E-state index contributed by atoms with van der Waals surface area (Å²) >= 11 is 0. The third-order valence-corrected chi connectivity index (χ3v) is 4.21. The molecule has 6 nitrogen and oxygen atoms in total. The number of hydrogen-bond donors (Lipinski definition) is 1. The minimum Gasteiger partial charge on any atom is -0.354 e. The van der Waals surface area contributed by atoms with Crippen LogP contribution in [0.1, 0.15) is 42.2 Å². The summed E-state index contributed by atoms with van der Waals surface area (Å²) in [5.74, 6) is -0.182. The molecule has 2 heterocycles. The zero-order valence-corrected chi connectivity index (χ0v) is 13.4. The molecule has 22 heavy (non-hydrogen) atoms. The molecule has 1 saturated heterocycles. The van der Waals surface area contributed by atoms with Crippen LogP contribution in [0.25, 0.3) is 0 Å². The highest BCUT2D eigenvalue weighted by Crippen LogP contribution is 2.12. The second kappa shape index (κ2) is 6.77. The van der Waals surface area contributed by atoms with E-state index in [1.54, 1.807) is 17.8 Å². The van der Waals surface area contributed by atoms with E-state index in [9.17, 15) is 14.4 Å². The van der Waals surface area contributed by atoms with E-state index in [0.717, 1.165) is 18.5 Å². The van der Waals surface area contributed by atoms with Gasteiger partial charge in [-0.1, -0.05) is 6.92 Å². The maximum Gasteiger partial charge on any atom is 0.256 e. The Morgan fingerprint density at radius 1 is 1.32 bits per heavy atom. The van der Waals surface area contributed by atoms with E-state index < -0.39 is 0 Å². The predicted molar refractivity (Wildman–Crippen MR) is 83.8 cm³/mol. The van der Waals surface area contributed by atoms with Crippen LogP contribution in [0.5, 0.6) is 0 Å². The number of rotatable bonds is 3. The summed E-state index contributed by atoms with van der Waals surface area (Å²) in [5.41, 5.74) is 0.722. The summed E-state index contributed by atoms with van der Waals surface area (Å²) in [6, 6.07) is 1.48. The van der Waals surface area contributed by atoms with Crippen LogP contribution < -0.4 is 10.7 Å². The Hall–Kier alpha value is -2.11. The summed E-state index contributed by atoms with van der Waals surface area (Å²) < 4.78 is 1.76. The Morgan fingerprint density at radius 3 is 2.55 bits per heavy atom.